The molecule has 0 bridgehead atoms. The zero-order chi connectivity index (χ0) is 29.2. The van der Waals surface area contributed by atoms with E-state index in [1.165, 1.54) is 20.8 Å². The number of likely N-dealkylation sites (tertiary alicyclic amines) is 1. The number of esters is 3. The van der Waals surface area contributed by atoms with Crippen molar-refractivity contribution in [3.8, 4) is 0 Å². The number of piperidine rings is 1. The van der Waals surface area contributed by atoms with Gasteiger partial charge in [0.25, 0.3) is 0 Å². The monoisotopic (exact) mass is 559 g/mol. The maximum absolute atomic E-state index is 11.6. The Balaban J connectivity index is 1.59. The molecule has 0 spiro atoms. The topological polar surface area (TPSA) is 107 Å². The van der Waals surface area contributed by atoms with Crippen LogP contribution in [-0.2, 0) is 28.6 Å². The van der Waals surface area contributed by atoms with Gasteiger partial charge in [-0.1, -0.05) is 13.0 Å². The van der Waals surface area contributed by atoms with Crippen LogP contribution in [0.4, 0.5) is 5.82 Å². The van der Waals surface area contributed by atoms with Gasteiger partial charge in [-0.25, -0.2) is 4.98 Å². The van der Waals surface area contributed by atoms with E-state index in [0.29, 0.717) is 6.04 Å². The zero-order valence-electron chi connectivity index (χ0n) is 25.1. The Bertz CT molecular complexity index is 948. The second-order valence-electron chi connectivity index (χ2n) is 12.4. The largest absolute Gasteiger partial charge is 0.465 e. The molecule has 3 rings (SSSR count). The van der Waals surface area contributed by atoms with E-state index in [2.05, 4.69) is 21.3 Å². The fourth-order valence-electron chi connectivity index (χ4n) is 5.94. The third kappa shape index (κ3) is 10.7. The second-order valence-corrected chi connectivity index (χ2v) is 12.4. The van der Waals surface area contributed by atoms with Crippen molar-refractivity contribution in [2.45, 2.75) is 105 Å². The standard InChI is InChI=1S/C31H49N3O6/c1-23-6-7-29(32-20-23)33-27-10-17-34(18-11-27)19-16-31(12-8-28(9-13-31)40-26(4)37)15-14-30(5,21-38-24(2)35)22-39-25(3)36/h6-7,20,27-28H,8-19,21-22H2,1-5H3,(H,32,33). The van der Waals surface area contributed by atoms with Crippen LogP contribution in [-0.4, -0.2) is 72.8 Å². The van der Waals surface area contributed by atoms with Crippen molar-refractivity contribution in [3.05, 3.63) is 23.9 Å². The molecule has 1 saturated heterocycles. The number of anilines is 1. The van der Waals surface area contributed by atoms with Crippen molar-refractivity contribution in [3.63, 3.8) is 0 Å². The summed E-state index contributed by atoms with van der Waals surface area (Å²) >= 11 is 0. The highest BCUT2D eigenvalue weighted by atomic mass is 16.5. The molecule has 1 N–H and O–H groups in total. The molecule has 0 unspecified atom stereocenters. The fraction of sp³-hybridized carbons (Fsp3) is 0.742. The number of aromatic nitrogens is 1. The lowest BCUT2D eigenvalue weighted by molar-refractivity contribution is -0.153. The molecule has 1 aromatic heterocycles. The van der Waals surface area contributed by atoms with Gasteiger partial charge in [-0.3, -0.25) is 14.4 Å². The molecule has 0 amide bonds. The van der Waals surface area contributed by atoms with E-state index in [1.54, 1.807) is 0 Å². The molecule has 1 aliphatic heterocycles. The van der Waals surface area contributed by atoms with Crippen molar-refractivity contribution in [1.82, 2.24) is 9.88 Å². The molecule has 0 aromatic carbocycles. The number of nitrogens with zero attached hydrogens (tertiary/aromatic N) is 2. The number of pyridine rings is 1. The number of hydrogen-bond donors (Lipinski definition) is 1. The van der Waals surface area contributed by atoms with Gasteiger partial charge in [0.1, 0.15) is 11.9 Å². The van der Waals surface area contributed by atoms with Gasteiger partial charge in [0.05, 0.1) is 13.2 Å². The van der Waals surface area contributed by atoms with Gasteiger partial charge in [0.2, 0.25) is 0 Å². The Morgan fingerprint density at radius 1 is 0.975 bits per heavy atom. The van der Waals surface area contributed by atoms with Gasteiger partial charge in [-0.05, 0) is 88.3 Å². The summed E-state index contributed by atoms with van der Waals surface area (Å²) in [6, 6.07) is 4.57. The smallest absolute Gasteiger partial charge is 0.302 e. The molecule has 1 aliphatic carbocycles. The summed E-state index contributed by atoms with van der Waals surface area (Å²) in [5.74, 6) is 0.0617. The molecule has 1 aromatic rings. The van der Waals surface area contributed by atoms with Crippen LogP contribution in [0.5, 0.6) is 0 Å². The van der Waals surface area contributed by atoms with Gasteiger partial charge in [0.15, 0.2) is 0 Å². The summed E-state index contributed by atoms with van der Waals surface area (Å²) in [7, 11) is 0. The molecule has 2 fully saturated rings. The second kappa shape index (κ2) is 14.8. The van der Waals surface area contributed by atoms with Crippen LogP contribution < -0.4 is 5.32 Å². The molecule has 9 nitrogen and oxygen atoms in total. The average molecular weight is 560 g/mol. The first-order chi connectivity index (χ1) is 19.0. The lowest BCUT2D eigenvalue weighted by atomic mass is 9.66. The van der Waals surface area contributed by atoms with Gasteiger partial charge in [0, 0.05) is 51.5 Å². The molecule has 2 aliphatic rings. The molecule has 2 heterocycles. The molecular weight excluding hydrogens is 510 g/mol. The number of carbonyl (C=O) groups is 3. The zero-order valence-corrected chi connectivity index (χ0v) is 25.1. The van der Waals surface area contributed by atoms with E-state index in [-0.39, 0.29) is 42.6 Å². The van der Waals surface area contributed by atoms with Crippen molar-refractivity contribution >= 4 is 23.7 Å². The van der Waals surface area contributed by atoms with Gasteiger partial charge < -0.3 is 24.4 Å². The summed E-state index contributed by atoms with van der Waals surface area (Å²) < 4.78 is 16.3. The molecule has 224 valence electrons. The van der Waals surface area contributed by atoms with Gasteiger partial charge in [-0.2, -0.15) is 0 Å². The van der Waals surface area contributed by atoms with Crippen LogP contribution in [0.1, 0.15) is 91.0 Å². The minimum absolute atomic E-state index is 0.0173. The Kier molecular flexibility index (Phi) is 11.8. The lowest BCUT2D eigenvalue weighted by Crippen LogP contribution is -2.42. The molecule has 0 radical (unpaired) electrons. The lowest BCUT2D eigenvalue weighted by Gasteiger charge is -2.44. The predicted octanol–water partition coefficient (Wildman–Crippen LogP) is 5.06. The maximum atomic E-state index is 11.6. The maximum Gasteiger partial charge on any atom is 0.302 e. The van der Waals surface area contributed by atoms with E-state index >= 15 is 0 Å². The first-order valence-corrected chi connectivity index (χ1v) is 14.8. The third-order valence-electron chi connectivity index (χ3n) is 8.64. The van der Waals surface area contributed by atoms with Crippen LogP contribution in [0.25, 0.3) is 0 Å². The van der Waals surface area contributed by atoms with Gasteiger partial charge in [-0.15, -0.1) is 0 Å². The normalized spacial score (nSPS) is 22.4. The van der Waals surface area contributed by atoms with Crippen molar-refractivity contribution in [2.75, 3.05) is 38.2 Å². The summed E-state index contributed by atoms with van der Waals surface area (Å²) in [6.45, 7) is 11.9. The van der Waals surface area contributed by atoms with E-state index in [1.807, 2.05) is 26.1 Å². The van der Waals surface area contributed by atoms with Crippen LogP contribution in [0.3, 0.4) is 0 Å². The Labute approximate surface area is 239 Å². The first kappa shape index (κ1) is 31.8. The van der Waals surface area contributed by atoms with Crippen LogP contribution in [0.2, 0.25) is 0 Å². The van der Waals surface area contributed by atoms with E-state index in [9.17, 15) is 14.4 Å². The van der Waals surface area contributed by atoms with E-state index in [0.717, 1.165) is 88.8 Å². The summed E-state index contributed by atoms with van der Waals surface area (Å²) in [5, 5.41) is 3.59. The van der Waals surface area contributed by atoms with Gasteiger partial charge >= 0.3 is 17.9 Å². The van der Waals surface area contributed by atoms with E-state index < -0.39 is 5.41 Å². The summed E-state index contributed by atoms with van der Waals surface area (Å²) in [6.07, 6.45) is 10.5. The van der Waals surface area contributed by atoms with E-state index in [4.69, 9.17) is 14.2 Å². The quantitative estimate of drug-likeness (QED) is 0.262. The number of hydrogen-bond acceptors (Lipinski definition) is 9. The van der Waals surface area contributed by atoms with Crippen molar-refractivity contribution < 1.29 is 28.6 Å². The Hall–Kier alpha value is -2.68. The number of carbonyl (C=O) groups excluding carboxylic acids is 3. The number of nitrogens with one attached hydrogen (secondary N) is 1. The third-order valence-corrected chi connectivity index (χ3v) is 8.64. The molecule has 40 heavy (non-hydrogen) atoms. The predicted molar refractivity (Wildman–Crippen MR) is 154 cm³/mol. The number of rotatable bonds is 13. The summed E-state index contributed by atoms with van der Waals surface area (Å²) in [5.41, 5.74) is 0.811. The molecule has 0 atom stereocenters. The fourth-order valence-corrected chi connectivity index (χ4v) is 5.94. The van der Waals surface area contributed by atoms with Crippen molar-refractivity contribution in [2.24, 2.45) is 10.8 Å². The highest BCUT2D eigenvalue weighted by Gasteiger charge is 2.39. The first-order valence-electron chi connectivity index (χ1n) is 14.8. The van der Waals surface area contributed by atoms with Crippen LogP contribution >= 0.6 is 0 Å². The minimum Gasteiger partial charge on any atom is -0.465 e. The molecular formula is C31H49N3O6. The highest BCUT2D eigenvalue weighted by molar-refractivity contribution is 5.66. The van der Waals surface area contributed by atoms with Crippen LogP contribution in [0.15, 0.2) is 18.3 Å². The minimum atomic E-state index is -0.453. The van der Waals surface area contributed by atoms with Crippen molar-refractivity contribution in [1.29, 1.82) is 0 Å². The molecule has 9 heteroatoms. The Morgan fingerprint density at radius 2 is 1.60 bits per heavy atom. The average Bonchev–Trinajstić information content (AvgIpc) is 2.92. The van der Waals surface area contributed by atoms with Crippen LogP contribution in [0, 0.1) is 17.8 Å². The number of aryl methyl sites for hydroxylation is 1. The number of ether oxygens (including phenoxy) is 3. The Morgan fingerprint density at radius 3 is 2.12 bits per heavy atom. The highest BCUT2D eigenvalue weighted by Crippen LogP contribution is 2.46. The summed E-state index contributed by atoms with van der Waals surface area (Å²) in [4.78, 5) is 41.7. The molecule has 1 saturated carbocycles. The SMILES string of the molecule is CC(=O)OCC(C)(CCC1(CCN2CCC(Nc3ccc(C)cn3)CC2)CCC(OC(C)=O)CC1)COC(C)=O.